The van der Waals surface area contributed by atoms with Crippen molar-refractivity contribution in [3.63, 3.8) is 0 Å². The second kappa shape index (κ2) is 3.77. The smallest absolute Gasteiger partial charge is 0.258 e. The number of hydrogen-bond acceptors (Lipinski definition) is 2. The van der Waals surface area contributed by atoms with Gasteiger partial charge in [0.25, 0.3) is 5.56 Å². The van der Waals surface area contributed by atoms with E-state index in [0.29, 0.717) is 17.7 Å². The summed E-state index contributed by atoms with van der Waals surface area (Å²) in [5.41, 5.74) is 0.0360. The molecule has 0 fully saturated rings. The maximum absolute atomic E-state index is 11.9. The van der Waals surface area contributed by atoms with Crippen LogP contribution in [0.15, 0.2) is 35.3 Å². The van der Waals surface area contributed by atoms with Crippen LogP contribution in [0.1, 0.15) is 6.92 Å². The van der Waals surface area contributed by atoms with Crippen molar-refractivity contribution in [3.8, 4) is 5.75 Å². The summed E-state index contributed by atoms with van der Waals surface area (Å²) in [5.74, 6) is 0.716. The van der Waals surface area contributed by atoms with E-state index < -0.39 is 0 Å². The first-order chi connectivity index (χ1) is 7.26. The highest BCUT2D eigenvalue weighted by molar-refractivity contribution is 5.82. The Hall–Kier alpha value is -1.77. The molecule has 1 heterocycles. The number of hydrogen-bond donors (Lipinski definition) is 0. The van der Waals surface area contributed by atoms with E-state index >= 15 is 0 Å². The van der Waals surface area contributed by atoms with Crippen LogP contribution in [0.3, 0.4) is 0 Å². The van der Waals surface area contributed by atoms with Crippen molar-refractivity contribution in [2.24, 2.45) is 0 Å². The lowest BCUT2D eigenvalue weighted by Crippen LogP contribution is -2.18. The van der Waals surface area contributed by atoms with Crippen LogP contribution in [0, 0.1) is 0 Å². The monoisotopic (exact) mass is 203 g/mol. The van der Waals surface area contributed by atoms with Gasteiger partial charge in [-0.3, -0.25) is 4.79 Å². The standard InChI is InChI=1S/C12H13NO2/c1-3-13-7-6-9-4-5-10(15-2)8-11(9)12(13)14/h4-8H,3H2,1-2H3. The third-order valence-electron chi connectivity index (χ3n) is 2.53. The molecule has 0 saturated heterocycles. The number of ether oxygens (including phenoxy) is 1. The first-order valence-corrected chi connectivity index (χ1v) is 4.93. The summed E-state index contributed by atoms with van der Waals surface area (Å²) >= 11 is 0. The molecule has 15 heavy (non-hydrogen) atoms. The molecule has 3 heteroatoms. The second-order valence-electron chi connectivity index (χ2n) is 3.36. The van der Waals surface area contributed by atoms with Gasteiger partial charge in [0.15, 0.2) is 0 Å². The lowest BCUT2D eigenvalue weighted by Gasteiger charge is -2.05. The van der Waals surface area contributed by atoms with Gasteiger partial charge in [-0.25, -0.2) is 0 Å². The maximum atomic E-state index is 11.9. The van der Waals surface area contributed by atoms with Crippen LogP contribution in [-0.4, -0.2) is 11.7 Å². The lowest BCUT2D eigenvalue weighted by atomic mass is 10.1. The van der Waals surface area contributed by atoms with E-state index in [-0.39, 0.29) is 5.56 Å². The summed E-state index contributed by atoms with van der Waals surface area (Å²) in [6, 6.07) is 7.48. The zero-order valence-corrected chi connectivity index (χ0v) is 8.86. The van der Waals surface area contributed by atoms with E-state index in [9.17, 15) is 4.79 Å². The summed E-state index contributed by atoms with van der Waals surface area (Å²) in [4.78, 5) is 11.9. The number of aryl methyl sites for hydroxylation is 1. The minimum absolute atomic E-state index is 0.0360. The summed E-state index contributed by atoms with van der Waals surface area (Å²) in [5, 5.41) is 1.66. The Bertz CT molecular complexity index is 538. The van der Waals surface area contributed by atoms with Crippen molar-refractivity contribution < 1.29 is 4.74 Å². The van der Waals surface area contributed by atoms with Crippen LogP contribution in [0.4, 0.5) is 0 Å². The van der Waals surface area contributed by atoms with Crippen molar-refractivity contribution in [2.75, 3.05) is 7.11 Å². The van der Waals surface area contributed by atoms with Crippen LogP contribution in [0.5, 0.6) is 5.75 Å². The van der Waals surface area contributed by atoms with Crippen molar-refractivity contribution in [1.29, 1.82) is 0 Å². The molecule has 0 aliphatic heterocycles. The highest BCUT2D eigenvalue weighted by Gasteiger charge is 2.02. The molecule has 0 unspecified atom stereocenters. The zero-order valence-electron chi connectivity index (χ0n) is 8.86. The summed E-state index contributed by atoms with van der Waals surface area (Å²) in [6.45, 7) is 2.64. The zero-order chi connectivity index (χ0) is 10.8. The van der Waals surface area contributed by atoms with Crippen molar-refractivity contribution >= 4 is 10.8 Å². The average molecular weight is 203 g/mol. The highest BCUT2D eigenvalue weighted by atomic mass is 16.5. The molecule has 0 spiro atoms. The van der Waals surface area contributed by atoms with Crippen molar-refractivity contribution in [3.05, 3.63) is 40.8 Å². The molecule has 78 valence electrons. The van der Waals surface area contributed by atoms with Crippen LogP contribution >= 0.6 is 0 Å². The van der Waals surface area contributed by atoms with Gasteiger partial charge < -0.3 is 9.30 Å². The van der Waals surface area contributed by atoms with E-state index in [4.69, 9.17) is 4.74 Å². The molecule has 0 amide bonds. The molecule has 0 aliphatic carbocycles. The van der Waals surface area contributed by atoms with E-state index in [1.54, 1.807) is 17.7 Å². The van der Waals surface area contributed by atoms with Gasteiger partial charge in [0.2, 0.25) is 0 Å². The topological polar surface area (TPSA) is 31.2 Å². The fourth-order valence-electron chi connectivity index (χ4n) is 1.63. The molecule has 3 nitrogen and oxygen atoms in total. The minimum Gasteiger partial charge on any atom is -0.497 e. The number of rotatable bonds is 2. The first kappa shape index (κ1) is 9.77. The van der Waals surface area contributed by atoms with Crippen molar-refractivity contribution in [2.45, 2.75) is 13.5 Å². The van der Waals surface area contributed by atoms with Gasteiger partial charge in [0.1, 0.15) is 5.75 Å². The molecule has 1 aromatic carbocycles. The summed E-state index contributed by atoms with van der Waals surface area (Å²) < 4.78 is 6.78. The predicted octanol–water partition coefficient (Wildman–Crippen LogP) is 2.03. The maximum Gasteiger partial charge on any atom is 0.258 e. The van der Waals surface area contributed by atoms with E-state index in [1.807, 2.05) is 31.3 Å². The molecule has 0 radical (unpaired) electrons. The minimum atomic E-state index is 0.0360. The van der Waals surface area contributed by atoms with Crippen LogP contribution < -0.4 is 10.3 Å². The molecular formula is C12H13NO2. The number of benzene rings is 1. The Morgan fingerprint density at radius 1 is 1.33 bits per heavy atom. The Balaban J connectivity index is 2.78. The summed E-state index contributed by atoms with van der Waals surface area (Å²) in [6.07, 6.45) is 1.82. The average Bonchev–Trinajstić information content (AvgIpc) is 2.29. The molecule has 2 aromatic rings. The van der Waals surface area contributed by atoms with Gasteiger partial charge >= 0.3 is 0 Å². The van der Waals surface area contributed by atoms with E-state index in [0.717, 1.165) is 5.39 Å². The van der Waals surface area contributed by atoms with Gasteiger partial charge in [-0.05, 0) is 30.5 Å². The number of pyridine rings is 1. The van der Waals surface area contributed by atoms with Gasteiger partial charge in [-0.1, -0.05) is 6.07 Å². The number of aromatic nitrogens is 1. The third-order valence-corrected chi connectivity index (χ3v) is 2.53. The molecule has 2 rings (SSSR count). The fraction of sp³-hybridized carbons (Fsp3) is 0.250. The quantitative estimate of drug-likeness (QED) is 0.747. The van der Waals surface area contributed by atoms with E-state index in [2.05, 4.69) is 0 Å². The number of methoxy groups -OCH3 is 1. The predicted molar refractivity (Wildman–Crippen MR) is 60.4 cm³/mol. The lowest BCUT2D eigenvalue weighted by molar-refractivity contribution is 0.415. The Morgan fingerprint density at radius 3 is 2.80 bits per heavy atom. The number of nitrogens with zero attached hydrogens (tertiary/aromatic N) is 1. The molecular weight excluding hydrogens is 190 g/mol. The Kier molecular flexibility index (Phi) is 2.46. The van der Waals surface area contributed by atoms with Crippen LogP contribution in [-0.2, 0) is 6.54 Å². The molecule has 0 saturated carbocycles. The molecule has 0 bridgehead atoms. The third kappa shape index (κ3) is 1.61. The molecule has 0 aliphatic rings. The normalized spacial score (nSPS) is 10.5. The largest absolute Gasteiger partial charge is 0.497 e. The van der Waals surface area contributed by atoms with Gasteiger partial charge in [-0.2, -0.15) is 0 Å². The van der Waals surface area contributed by atoms with Gasteiger partial charge in [0.05, 0.1) is 12.5 Å². The number of fused-ring (bicyclic) bond motifs is 1. The molecule has 0 N–H and O–H groups in total. The Morgan fingerprint density at radius 2 is 2.13 bits per heavy atom. The Labute approximate surface area is 87.9 Å². The van der Waals surface area contributed by atoms with Crippen LogP contribution in [0.2, 0.25) is 0 Å². The SMILES string of the molecule is CCn1ccc2ccc(OC)cc2c1=O. The van der Waals surface area contributed by atoms with Gasteiger partial charge in [-0.15, -0.1) is 0 Å². The highest BCUT2D eigenvalue weighted by Crippen LogP contribution is 2.17. The van der Waals surface area contributed by atoms with E-state index in [1.165, 1.54) is 0 Å². The molecule has 0 atom stereocenters. The molecule has 1 aromatic heterocycles. The van der Waals surface area contributed by atoms with Gasteiger partial charge in [0, 0.05) is 12.7 Å². The first-order valence-electron chi connectivity index (χ1n) is 4.93. The van der Waals surface area contributed by atoms with Crippen LogP contribution in [0.25, 0.3) is 10.8 Å². The summed E-state index contributed by atoms with van der Waals surface area (Å²) in [7, 11) is 1.60. The fourth-order valence-corrected chi connectivity index (χ4v) is 1.63. The van der Waals surface area contributed by atoms with Crippen molar-refractivity contribution in [1.82, 2.24) is 4.57 Å². The second-order valence-corrected chi connectivity index (χ2v) is 3.36.